The Morgan fingerprint density at radius 1 is 0.875 bits per heavy atom. The molecule has 0 N–H and O–H groups in total. The van der Waals surface area contributed by atoms with E-state index in [0.717, 1.165) is 32.1 Å². The zero-order valence-electron chi connectivity index (χ0n) is 16.4. The Hall–Kier alpha value is -0.370. The van der Waals surface area contributed by atoms with Crippen molar-refractivity contribution in [3.05, 3.63) is 0 Å². The fourth-order valence-corrected chi connectivity index (χ4v) is 2.61. The van der Waals surface area contributed by atoms with Crippen LogP contribution in [0.3, 0.4) is 0 Å². The average Bonchev–Trinajstić information content (AvgIpc) is 2.52. The molecule has 0 aliphatic carbocycles. The van der Waals surface area contributed by atoms with Crippen LogP contribution >= 0.6 is 7.60 Å². The van der Waals surface area contributed by atoms with Crippen molar-refractivity contribution in [2.24, 2.45) is 0 Å². The maximum absolute atomic E-state index is 12.8. The monoisotopic (exact) mass is 362 g/mol. The Labute approximate surface area is 148 Å². The molecule has 5 nitrogen and oxygen atoms in total. The molecule has 0 saturated carbocycles. The third kappa shape index (κ3) is 11.2. The Morgan fingerprint density at radius 2 is 1.38 bits per heavy atom. The van der Waals surface area contributed by atoms with Gasteiger partial charge in [-0.25, -0.2) is 14.3 Å². The molecule has 0 aromatic rings. The van der Waals surface area contributed by atoms with Crippen LogP contribution in [-0.2, 0) is 23.4 Å². The molecule has 0 aromatic heterocycles. The van der Waals surface area contributed by atoms with Crippen molar-refractivity contribution in [2.45, 2.75) is 91.8 Å². The third-order valence-corrected chi connectivity index (χ3v) is 4.77. The minimum atomic E-state index is -3.44. The minimum absolute atomic E-state index is 0.370. The van der Waals surface area contributed by atoms with Crippen molar-refractivity contribution in [3.8, 4) is 11.6 Å². The summed E-state index contributed by atoms with van der Waals surface area (Å²) in [4.78, 5) is 10.9. The third-order valence-electron chi connectivity index (χ3n) is 3.34. The molecular formula is C18H35O5P. The van der Waals surface area contributed by atoms with Crippen LogP contribution in [0.25, 0.3) is 0 Å². The van der Waals surface area contributed by atoms with Gasteiger partial charge in [0.1, 0.15) is 0 Å². The van der Waals surface area contributed by atoms with Gasteiger partial charge >= 0.3 is 7.60 Å². The van der Waals surface area contributed by atoms with Crippen LogP contribution in [0.4, 0.5) is 0 Å². The molecule has 0 aliphatic rings. The van der Waals surface area contributed by atoms with E-state index in [4.69, 9.17) is 18.8 Å². The van der Waals surface area contributed by atoms with E-state index in [2.05, 4.69) is 11.6 Å². The lowest BCUT2D eigenvalue weighted by molar-refractivity contribution is -0.388. The van der Waals surface area contributed by atoms with E-state index < -0.39 is 18.8 Å². The first kappa shape index (κ1) is 23.6. The number of hydrogen-bond donors (Lipinski definition) is 0. The van der Waals surface area contributed by atoms with Gasteiger partial charge in [-0.15, -0.1) is 0 Å². The summed E-state index contributed by atoms with van der Waals surface area (Å²) in [6.07, 6.45) is 4.34. The van der Waals surface area contributed by atoms with Gasteiger partial charge in [0.15, 0.2) is 5.60 Å². The highest BCUT2D eigenvalue weighted by molar-refractivity contribution is 7.59. The van der Waals surface area contributed by atoms with Gasteiger partial charge < -0.3 is 0 Å². The minimum Gasteiger partial charge on any atom is -0.299 e. The second kappa shape index (κ2) is 11.3. The molecule has 24 heavy (non-hydrogen) atoms. The van der Waals surface area contributed by atoms with E-state index in [-0.39, 0.29) is 0 Å². The van der Waals surface area contributed by atoms with Gasteiger partial charge in [-0.1, -0.05) is 39.5 Å². The summed E-state index contributed by atoms with van der Waals surface area (Å²) in [7, 11) is -3.44. The lowest BCUT2D eigenvalue weighted by atomic mass is 10.1. The zero-order chi connectivity index (χ0) is 18.7. The SMILES string of the molecule is CCCCOP(=O)(C#CC(C)(C)OOC(C)(C)CC)OCCCC. The summed E-state index contributed by atoms with van der Waals surface area (Å²) in [6, 6.07) is 0. The maximum Gasteiger partial charge on any atom is 0.405 e. The summed E-state index contributed by atoms with van der Waals surface area (Å²) < 4.78 is 23.6. The summed E-state index contributed by atoms with van der Waals surface area (Å²) in [6.45, 7) is 14.2. The summed E-state index contributed by atoms with van der Waals surface area (Å²) in [5, 5.41) is 0. The number of rotatable bonds is 12. The molecule has 0 saturated heterocycles. The van der Waals surface area contributed by atoms with Gasteiger partial charge in [-0.2, -0.15) is 0 Å². The second-order valence-corrected chi connectivity index (χ2v) is 8.63. The smallest absolute Gasteiger partial charge is 0.299 e. The fourth-order valence-electron chi connectivity index (χ4n) is 1.26. The molecule has 0 unspecified atom stereocenters. The molecule has 0 bridgehead atoms. The van der Waals surface area contributed by atoms with Gasteiger partial charge in [-0.05, 0) is 47.0 Å². The topological polar surface area (TPSA) is 54.0 Å². The molecular weight excluding hydrogens is 327 g/mol. The highest BCUT2D eigenvalue weighted by atomic mass is 31.2. The summed E-state index contributed by atoms with van der Waals surface area (Å²) in [5.74, 6) is 2.84. The Balaban J connectivity index is 4.91. The van der Waals surface area contributed by atoms with Crippen molar-refractivity contribution >= 4 is 7.60 Å². The van der Waals surface area contributed by atoms with E-state index in [9.17, 15) is 4.57 Å². The van der Waals surface area contributed by atoms with Crippen molar-refractivity contribution in [3.63, 3.8) is 0 Å². The van der Waals surface area contributed by atoms with Crippen LogP contribution in [0.5, 0.6) is 0 Å². The lowest BCUT2D eigenvalue weighted by Gasteiger charge is -2.26. The van der Waals surface area contributed by atoms with E-state index in [1.165, 1.54) is 0 Å². The lowest BCUT2D eigenvalue weighted by Crippen LogP contribution is -2.31. The predicted molar refractivity (Wildman–Crippen MR) is 97.7 cm³/mol. The molecule has 0 rings (SSSR count). The Morgan fingerprint density at radius 3 is 1.79 bits per heavy atom. The van der Waals surface area contributed by atoms with E-state index in [0.29, 0.717) is 13.2 Å². The first-order chi connectivity index (χ1) is 11.1. The van der Waals surface area contributed by atoms with Crippen molar-refractivity contribution in [1.29, 1.82) is 0 Å². The summed E-state index contributed by atoms with van der Waals surface area (Å²) >= 11 is 0. The van der Waals surface area contributed by atoms with Crippen LogP contribution in [0.2, 0.25) is 0 Å². The van der Waals surface area contributed by atoms with Crippen LogP contribution in [0, 0.1) is 11.6 Å². The van der Waals surface area contributed by atoms with Gasteiger partial charge in [0.2, 0.25) is 0 Å². The predicted octanol–water partition coefficient (Wildman–Crippen LogP) is 5.69. The van der Waals surface area contributed by atoms with Gasteiger partial charge in [-0.3, -0.25) is 9.05 Å². The van der Waals surface area contributed by atoms with Crippen LogP contribution < -0.4 is 0 Å². The molecule has 0 radical (unpaired) electrons. The molecule has 6 heteroatoms. The molecule has 0 spiro atoms. The molecule has 142 valence electrons. The van der Waals surface area contributed by atoms with Gasteiger partial charge in [0, 0.05) is 5.66 Å². The zero-order valence-corrected chi connectivity index (χ0v) is 17.3. The quantitative estimate of drug-likeness (QED) is 0.147. The van der Waals surface area contributed by atoms with E-state index >= 15 is 0 Å². The largest absolute Gasteiger partial charge is 0.405 e. The Kier molecular flexibility index (Phi) is 11.1. The highest BCUT2D eigenvalue weighted by Crippen LogP contribution is 2.47. The first-order valence-electron chi connectivity index (χ1n) is 8.90. The average molecular weight is 362 g/mol. The van der Waals surface area contributed by atoms with E-state index in [1.54, 1.807) is 13.8 Å². The van der Waals surface area contributed by atoms with Crippen LogP contribution in [0.1, 0.15) is 80.6 Å². The first-order valence-corrected chi connectivity index (χ1v) is 10.4. The molecule has 0 aliphatic heterocycles. The molecule has 0 heterocycles. The number of unbranched alkanes of at least 4 members (excludes halogenated alkanes) is 2. The van der Waals surface area contributed by atoms with Crippen molar-refractivity contribution in [1.82, 2.24) is 0 Å². The van der Waals surface area contributed by atoms with Gasteiger partial charge in [0.05, 0.1) is 18.8 Å². The maximum atomic E-state index is 12.8. The summed E-state index contributed by atoms with van der Waals surface area (Å²) in [5.41, 5.74) is 1.35. The number of hydrogen-bond acceptors (Lipinski definition) is 5. The Bertz CT molecular complexity index is 434. The highest BCUT2D eigenvalue weighted by Gasteiger charge is 2.26. The van der Waals surface area contributed by atoms with Gasteiger partial charge in [0.25, 0.3) is 0 Å². The molecule has 0 fully saturated rings. The standard InChI is InChI=1S/C18H35O5P/c1-8-11-14-20-24(19,21-15-12-9-2)16-13-18(6,7)23-22-17(4,5)10-3/h8-12,14-15H2,1-7H3. The van der Waals surface area contributed by atoms with Crippen LogP contribution in [-0.4, -0.2) is 24.4 Å². The molecule has 0 aromatic carbocycles. The molecule has 0 amide bonds. The van der Waals surface area contributed by atoms with Crippen molar-refractivity contribution < 1.29 is 23.4 Å². The fraction of sp³-hybridized carbons (Fsp3) is 0.889. The second-order valence-electron chi connectivity index (χ2n) is 6.90. The molecule has 0 atom stereocenters. The normalized spacial score (nSPS) is 12.8. The van der Waals surface area contributed by atoms with E-state index in [1.807, 2.05) is 34.6 Å². The van der Waals surface area contributed by atoms with Crippen molar-refractivity contribution in [2.75, 3.05) is 13.2 Å². The van der Waals surface area contributed by atoms with Crippen LogP contribution in [0.15, 0.2) is 0 Å².